The molecular weight excluding hydrogens is 645 g/mol. The van der Waals surface area contributed by atoms with E-state index in [1.54, 1.807) is 0 Å². The number of hydrogen-bond donors (Lipinski definition) is 0. The van der Waals surface area contributed by atoms with E-state index in [0.29, 0.717) is 25.1 Å². The van der Waals surface area contributed by atoms with E-state index >= 15 is 0 Å². The first kappa shape index (κ1) is 53.4. The zero-order chi connectivity index (χ0) is 38.8. The molecule has 0 N–H and O–H groups in total. The van der Waals surface area contributed by atoms with E-state index in [-0.39, 0.29) is 5.97 Å². The molecule has 0 atom stereocenters. The van der Waals surface area contributed by atoms with Crippen LogP contribution < -0.4 is 0 Å². The molecule has 0 saturated heterocycles. The lowest BCUT2D eigenvalue weighted by Gasteiger charge is -2.33. The number of ether oxygens (including phenoxy) is 3. The molecule has 0 aliphatic heterocycles. The number of nitrogens with zero attached hydrogens (tertiary/aromatic N) is 2. The molecule has 0 bridgehead atoms. The zero-order valence-electron chi connectivity index (χ0n) is 36.9. The minimum absolute atomic E-state index is 0.0824. The van der Waals surface area contributed by atoms with Crippen molar-refractivity contribution < 1.29 is 19.0 Å². The maximum absolute atomic E-state index is 12.4. The van der Waals surface area contributed by atoms with E-state index in [4.69, 9.17) is 14.2 Å². The lowest BCUT2D eigenvalue weighted by molar-refractivity contribution is -0.144. The molecule has 0 aromatic heterocycles. The number of carbonyl (C=O) groups excluding carboxylic acids is 1. The van der Waals surface area contributed by atoms with Gasteiger partial charge in [-0.2, -0.15) is 0 Å². The van der Waals surface area contributed by atoms with Crippen LogP contribution in [0.5, 0.6) is 0 Å². The molecule has 0 aromatic rings. The molecule has 0 aromatic carbocycles. The summed E-state index contributed by atoms with van der Waals surface area (Å²) in [5, 5.41) is 0. The zero-order valence-corrected chi connectivity index (χ0v) is 36.9. The molecule has 0 rings (SSSR count). The van der Waals surface area contributed by atoms with Crippen molar-refractivity contribution in [1.29, 1.82) is 0 Å². The van der Waals surface area contributed by atoms with Gasteiger partial charge in [0.1, 0.15) is 0 Å². The van der Waals surface area contributed by atoms with Crippen molar-refractivity contribution in [2.45, 2.75) is 234 Å². The summed E-state index contributed by atoms with van der Waals surface area (Å²) in [5.74, 6) is -0.0824. The summed E-state index contributed by atoms with van der Waals surface area (Å²) >= 11 is 0. The molecule has 0 radical (unpaired) electrons. The molecule has 314 valence electrons. The van der Waals surface area contributed by atoms with Crippen LogP contribution in [0.25, 0.3) is 0 Å². The minimum atomic E-state index is -0.0824. The molecular formula is C46H96N2O4. The predicted octanol–water partition coefficient (Wildman–Crippen LogP) is 13.2. The number of carbonyl (C=O) groups is 1. The van der Waals surface area contributed by atoms with Gasteiger partial charge in [0, 0.05) is 64.7 Å². The largest absolute Gasteiger partial charge is 0.466 e. The van der Waals surface area contributed by atoms with E-state index in [0.717, 1.165) is 84.7 Å². The SMILES string of the molecule is CCCCCCCCCCCC.CCCCCCCCCCCOCCCCOC(=O)CCN(CCCOCCCCC)CCN(C(C)C)C(C)C. The van der Waals surface area contributed by atoms with Crippen molar-refractivity contribution in [3.63, 3.8) is 0 Å². The van der Waals surface area contributed by atoms with Crippen LogP contribution in [0.1, 0.15) is 222 Å². The van der Waals surface area contributed by atoms with Crippen LogP contribution in [0.4, 0.5) is 0 Å². The van der Waals surface area contributed by atoms with Crippen LogP contribution in [-0.2, 0) is 19.0 Å². The highest BCUT2D eigenvalue weighted by molar-refractivity contribution is 5.69. The fraction of sp³-hybridized carbons (Fsp3) is 0.978. The van der Waals surface area contributed by atoms with Gasteiger partial charge in [0.2, 0.25) is 0 Å². The Morgan fingerprint density at radius 2 is 0.750 bits per heavy atom. The second kappa shape index (κ2) is 44.7. The summed E-state index contributed by atoms with van der Waals surface area (Å²) < 4.78 is 17.1. The van der Waals surface area contributed by atoms with E-state index in [9.17, 15) is 4.79 Å². The summed E-state index contributed by atoms with van der Waals surface area (Å²) in [6.07, 6.45) is 33.4. The van der Waals surface area contributed by atoms with E-state index < -0.39 is 0 Å². The molecule has 0 heterocycles. The first-order valence-electron chi connectivity index (χ1n) is 23.1. The number of unbranched alkanes of at least 4 members (excludes halogenated alkanes) is 20. The van der Waals surface area contributed by atoms with Crippen LogP contribution in [0.2, 0.25) is 0 Å². The molecule has 0 saturated carbocycles. The van der Waals surface area contributed by atoms with Crippen molar-refractivity contribution in [1.82, 2.24) is 9.80 Å². The number of rotatable bonds is 40. The summed E-state index contributed by atoms with van der Waals surface area (Å²) in [6, 6.07) is 1.03. The standard InChI is InChI=1S/C34H70N2O4.C12H26/c1-7-9-11-12-13-14-15-16-18-28-38-29-19-20-31-40-34(37)22-24-35(23-21-30-39-27-17-10-8-2)25-26-36(32(3)4)33(5)6;1-3-5-7-9-11-12-10-8-6-4-2/h32-33H,7-31H2,1-6H3;3-12H2,1-2H3. The third-order valence-corrected chi connectivity index (χ3v) is 10.1. The highest BCUT2D eigenvalue weighted by Crippen LogP contribution is 2.11. The maximum atomic E-state index is 12.4. The van der Waals surface area contributed by atoms with E-state index in [1.165, 1.54) is 128 Å². The summed E-state index contributed by atoms with van der Waals surface area (Å²) in [5.41, 5.74) is 0. The summed E-state index contributed by atoms with van der Waals surface area (Å²) in [7, 11) is 0. The quantitative estimate of drug-likeness (QED) is 0.0460. The van der Waals surface area contributed by atoms with Crippen molar-refractivity contribution in [2.75, 3.05) is 59.2 Å². The van der Waals surface area contributed by atoms with Gasteiger partial charge >= 0.3 is 5.97 Å². The van der Waals surface area contributed by atoms with Crippen LogP contribution in [0, 0.1) is 0 Å². The van der Waals surface area contributed by atoms with Gasteiger partial charge in [0.05, 0.1) is 13.0 Å². The molecule has 6 heteroatoms. The average molecular weight is 741 g/mol. The van der Waals surface area contributed by atoms with Crippen LogP contribution in [0.3, 0.4) is 0 Å². The normalized spacial score (nSPS) is 11.6. The van der Waals surface area contributed by atoms with Crippen molar-refractivity contribution in [3.8, 4) is 0 Å². The molecule has 0 fully saturated rings. The smallest absolute Gasteiger partial charge is 0.307 e. The topological polar surface area (TPSA) is 51.2 Å². The predicted molar refractivity (Wildman–Crippen MR) is 229 cm³/mol. The molecule has 0 unspecified atom stereocenters. The molecule has 6 nitrogen and oxygen atoms in total. The van der Waals surface area contributed by atoms with Gasteiger partial charge < -0.3 is 19.1 Å². The van der Waals surface area contributed by atoms with E-state index in [1.807, 2.05) is 0 Å². The lowest BCUT2D eigenvalue weighted by Crippen LogP contribution is -2.43. The first-order valence-corrected chi connectivity index (χ1v) is 23.1. The number of esters is 1. The Hall–Kier alpha value is -0.690. The van der Waals surface area contributed by atoms with Crippen LogP contribution >= 0.6 is 0 Å². The van der Waals surface area contributed by atoms with Gasteiger partial charge in [-0.25, -0.2) is 0 Å². The van der Waals surface area contributed by atoms with Gasteiger partial charge in [0.25, 0.3) is 0 Å². The molecule has 0 spiro atoms. The fourth-order valence-electron chi connectivity index (χ4n) is 6.64. The van der Waals surface area contributed by atoms with Crippen molar-refractivity contribution in [2.24, 2.45) is 0 Å². The Morgan fingerprint density at radius 3 is 1.19 bits per heavy atom. The fourth-order valence-corrected chi connectivity index (χ4v) is 6.64. The highest BCUT2D eigenvalue weighted by Gasteiger charge is 2.16. The minimum Gasteiger partial charge on any atom is -0.466 e. The van der Waals surface area contributed by atoms with Gasteiger partial charge in [-0.1, -0.05) is 156 Å². The van der Waals surface area contributed by atoms with Gasteiger partial charge in [-0.15, -0.1) is 0 Å². The second-order valence-corrected chi connectivity index (χ2v) is 15.9. The molecule has 0 aliphatic rings. The summed E-state index contributed by atoms with van der Waals surface area (Å²) in [4.78, 5) is 17.3. The van der Waals surface area contributed by atoms with Gasteiger partial charge in [-0.05, 0) is 59.8 Å². The maximum Gasteiger partial charge on any atom is 0.307 e. The van der Waals surface area contributed by atoms with Crippen LogP contribution in [0.15, 0.2) is 0 Å². The Morgan fingerprint density at radius 1 is 0.404 bits per heavy atom. The monoisotopic (exact) mass is 741 g/mol. The van der Waals surface area contributed by atoms with Gasteiger partial charge in [-0.3, -0.25) is 9.69 Å². The third kappa shape index (κ3) is 42.1. The van der Waals surface area contributed by atoms with Gasteiger partial charge in [0.15, 0.2) is 0 Å². The Balaban J connectivity index is 0. The van der Waals surface area contributed by atoms with Crippen molar-refractivity contribution >= 4 is 5.97 Å². The average Bonchev–Trinajstić information content (AvgIpc) is 3.12. The Labute approximate surface area is 327 Å². The number of hydrogen-bond acceptors (Lipinski definition) is 6. The van der Waals surface area contributed by atoms with Crippen molar-refractivity contribution in [3.05, 3.63) is 0 Å². The first-order chi connectivity index (χ1) is 25.3. The highest BCUT2D eigenvalue weighted by atomic mass is 16.5. The third-order valence-electron chi connectivity index (χ3n) is 10.1. The second-order valence-electron chi connectivity index (χ2n) is 15.9. The Bertz CT molecular complexity index is 657. The molecule has 0 aliphatic carbocycles. The van der Waals surface area contributed by atoms with Crippen LogP contribution in [-0.4, -0.2) is 87.1 Å². The molecule has 0 amide bonds. The molecule has 52 heavy (non-hydrogen) atoms. The summed E-state index contributed by atoms with van der Waals surface area (Å²) in [6.45, 7) is 25.6. The van der Waals surface area contributed by atoms with E-state index in [2.05, 4.69) is 65.2 Å². The lowest BCUT2D eigenvalue weighted by atomic mass is 10.1. The Kier molecular flexibility index (Phi) is 45.9.